The molecule has 0 N–H and O–H groups in total. The lowest BCUT2D eigenvalue weighted by atomic mass is 10.3. The van der Waals surface area contributed by atoms with Crippen LogP contribution in [0, 0.1) is 0 Å². The van der Waals surface area contributed by atoms with Crippen molar-refractivity contribution in [1.82, 2.24) is 14.5 Å². The van der Waals surface area contributed by atoms with Crippen LogP contribution in [0.3, 0.4) is 0 Å². The van der Waals surface area contributed by atoms with Gasteiger partial charge in [-0.25, -0.2) is 4.98 Å². The quantitative estimate of drug-likeness (QED) is 0.552. The monoisotopic (exact) mass is 166 g/mol. The summed E-state index contributed by atoms with van der Waals surface area (Å²) in [6.07, 6.45) is 1.88. The number of hydrogen-bond acceptors (Lipinski definition) is 3. The topological polar surface area (TPSA) is 24.3 Å². The second-order valence-corrected chi connectivity index (χ2v) is 3.48. The summed E-state index contributed by atoms with van der Waals surface area (Å²) in [4.78, 5) is 8.77. The van der Waals surface area contributed by atoms with Crippen molar-refractivity contribution in [3.63, 3.8) is 0 Å². The van der Waals surface area contributed by atoms with E-state index < -0.39 is 0 Å². The molecule has 0 spiro atoms. The zero-order chi connectivity index (χ0) is 8.72. The number of imidazole rings is 1. The lowest BCUT2D eigenvalue weighted by Crippen LogP contribution is -2.38. The predicted octanol–water partition coefficient (Wildman–Crippen LogP) is 0.259. The maximum absolute atomic E-state index is 4.33. The lowest BCUT2D eigenvalue weighted by Gasteiger charge is -2.31. The van der Waals surface area contributed by atoms with Gasteiger partial charge < -0.3 is 9.47 Å². The minimum atomic E-state index is 0.962. The lowest BCUT2D eigenvalue weighted by molar-refractivity contribution is 0.307. The highest BCUT2D eigenvalue weighted by Crippen LogP contribution is 2.22. The van der Waals surface area contributed by atoms with Gasteiger partial charge in [0.1, 0.15) is 0 Å². The molecule has 0 radical (unpaired) electrons. The average molecular weight is 166 g/mol. The zero-order valence-electron chi connectivity index (χ0n) is 7.78. The van der Waals surface area contributed by atoms with Crippen molar-refractivity contribution in [2.45, 2.75) is 6.54 Å². The van der Waals surface area contributed by atoms with E-state index in [-0.39, 0.29) is 0 Å². The van der Waals surface area contributed by atoms with Crippen molar-refractivity contribution >= 4 is 5.82 Å². The summed E-state index contributed by atoms with van der Waals surface area (Å²) in [5.74, 6) is 1.12. The molecule has 1 aliphatic heterocycles. The van der Waals surface area contributed by atoms with E-state index in [0.29, 0.717) is 0 Å². The first-order valence-corrected chi connectivity index (χ1v) is 4.08. The predicted molar refractivity (Wildman–Crippen MR) is 47.9 cm³/mol. The molecular weight excluding hydrogens is 152 g/mol. The Labute approximate surface area is 72.4 Å². The van der Waals surface area contributed by atoms with Crippen LogP contribution in [0.2, 0.25) is 0 Å². The van der Waals surface area contributed by atoms with E-state index in [4.69, 9.17) is 0 Å². The third kappa shape index (κ3) is 0.992. The Balaban J connectivity index is 2.43. The Bertz CT molecular complexity index is 291. The van der Waals surface area contributed by atoms with Crippen LogP contribution in [0.5, 0.6) is 0 Å². The third-order valence-electron chi connectivity index (χ3n) is 2.27. The van der Waals surface area contributed by atoms with Crippen LogP contribution in [0.25, 0.3) is 0 Å². The molecule has 0 amide bonds. The summed E-state index contributed by atoms with van der Waals surface area (Å²) < 4.78 is 2.08. The van der Waals surface area contributed by atoms with Crippen LogP contribution in [-0.4, -0.2) is 35.2 Å². The maximum Gasteiger partial charge on any atom is 0.152 e. The van der Waals surface area contributed by atoms with Gasteiger partial charge in [-0.2, -0.15) is 0 Å². The molecule has 0 aromatic carbocycles. The van der Waals surface area contributed by atoms with Crippen molar-refractivity contribution in [2.24, 2.45) is 7.05 Å². The van der Waals surface area contributed by atoms with Gasteiger partial charge in [0.15, 0.2) is 5.82 Å². The molecule has 12 heavy (non-hydrogen) atoms. The summed E-state index contributed by atoms with van der Waals surface area (Å²) in [6, 6.07) is 0. The van der Waals surface area contributed by atoms with E-state index >= 15 is 0 Å². The molecule has 0 bridgehead atoms. The molecule has 2 rings (SSSR count). The largest absolute Gasteiger partial charge is 0.345 e. The number of hydrogen-bond donors (Lipinski definition) is 0. The van der Waals surface area contributed by atoms with Crippen molar-refractivity contribution in [3.05, 3.63) is 12.0 Å². The minimum Gasteiger partial charge on any atom is -0.345 e. The average Bonchev–Trinajstić information content (AvgIpc) is 2.33. The molecule has 1 aromatic rings. The Morgan fingerprint density at radius 1 is 1.33 bits per heavy atom. The summed E-state index contributed by atoms with van der Waals surface area (Å²) in [5.41, 5.74) is 1.30. The normalized spacial score (nSPS) is 18.1. The van der Waals surface area contributed by atoms with E-state index in [1.54, 1.807) is 0 Å². The van der Waals surface area contributed by atoms with Gasteiger partial charge in [-0.05, 0) is 7.05 Å². The number of fused-ring (bicyclic) bond motifs is 1. The molecule has 0 unspecified atom stereocenters. The Hall–Kier alpha value is -1.03. The number of nitrogens with zero attached hydrogens (tertiary/aromatic N) is 4. The zero-order valence-corrected chi connectivity index (χ0v) is 7.78. The Kier molecular flexibility index (Phi) is 1.58. The second kappa shape index (κ2) is 2.48. The third-order valence-corrected chi connectivity index (χ3v) is 2.27. The molecule has 1 aliphatic rings. The highest BCUT2D eigenvalue weighted by atomic mass is 15.4. The highest BCUT2D eigenvalue weighted by molar-refractivity contribution is 5.44. The van der Waals surface area contributed by atoms with Crippen LogP contribution < -0.4 is 4.90 Å². The summed E-state index contributed by atoms with van der Waals surface area (Å²) >= 11 is 0. The van der Waals surface area contributed by atoms with Crippen molar-refractivity contribution in [3.8, 4) is 0 Å². The van der Waals surface area contributed by atoms with Gasteiger partial charge in [-0.15, -0.1) is 0 Å². The molecular formula is C8H14N4. The summed E-state index contributed by atoms with van der Waals surface area (Å²) in [7, 11) is 6.23. The molecule has 0 atom stereocenters. The first kappa shape index (κ1) is 7.61. The van der Waals surface area contributed by atoms with Crippen molar-refractivity contribution < 1.29 is 0 Å². The second-order valence-electron chi connectivity index (χ2n) is 3.48. The summed E-state index contributed by atoms with van der Waals surface area (Å²) in [6.45, 7) is 1.96. The van der Waals surface area contributed by atoms with Crippen molar-refractivity contribution in [1.29, 1.82) is 0 Å². The number of anilines is 1. The number of rotatable bonds is 0. The first-order valence-electron chi connectivity index (χ1n) is 4.08. The molecule has 0 saturated heterocycles. The molecule has 2 heterocycles. The van der Waals surface area contributed by atoms with E-state index in [1.165, 1.54) is 5.69 Å². The first-order chi connectivity index (χ1) is 5.68. The van der Waals surface area contributed by atoms with Crippen molar-refractivity contribution in [2.75, 3.05) is 25.7 Å². The van der Waals surface area contributed by atoms with Crippen LogP contribution in [0.15, 0.2) is 6.33 Å². The minimum absolute atomic E-state index is 0.962. The fourth-order valence-electron chi connectivity index (χ4n) is 1.68. The van der Waals surface area contributed by atoms with Gasteiger partial charge in [0, 0.05) is 20.6 Å². The van der Waals surface area contributed by atoms with Gasteiger partial charge in [-0.3, -0.25) is 4.90 Å². The van der Waals surface area contributed by atoms with Gasteiger partial charge in [0.2, 0.25) is 0 Å². The highest BCUT2D eigenvalue weighted by Gasteiger charge is 2.20. The SMILES string of the molecule is CN1Cc2c(ncn2C)N(C)C1. The van der Waals surface area contributed by atoms with E-state index in [1.807, 2.05) is 13.4 Å². The van der Waals surface area contributed by atoms with Crippen LogP contribution >= 0.6 is 0 Å². The molecule has 1 aromatic heterocycles. The number of aromatic nitrogens is 2. The molecule has 4 nitrogen and oxygen atoms in total. The molecule has 4 heteroatoms. The smallest absolute Gasteiger partial charge is 0.152 e. The van der Waals surface area contributed by atoms with Crippen LogP contribution in [0.4, 0.5) is 5.82 Å². The molecule has 0 saturated carbocycles. The van der Waals surface area contributed by atoms with Crippen LogP contribution in [0.1, 0.15) is 5.69 Å². The van der Waals surface area contributed by atoms with E-state index in [9.17, 15) is 0 Å². The van der Waals surface area contributed by atoms with Crippen LogP contribution in [-0.2, 0) is 13.6 Å². The van der Waals surface area contributed by atoms with E-state index in [0.717, 1.165) is 19.0 Å². The molecule has 0 fully saturated rings. The standard InChI is InChI=1S/C8H14N4/c1-10-4-7-8(12(3)6-10)9-5-11(7)2/h5H,4,6H2,1-3H3. The number of aryl methyl sites for hydroxylation is 1. The fraction of sp³-hybridized carbons (Fsp3) is 0.625. The van der Waals surface area contributed by atoms with E-state index in [2.05, 4.69) is 33.4 Å². The maximum atomic E-state index is 4.33. The summed E-state index contributed by atoms with van der Waals surface area (Å²) in [5, 5.41) is 0. The Morgan fingerprint density at radius 3 is 2.83 bits per heavy atom. The van der Waals surface area contributed by atoms with Gasteiger partial charge in [0.25, 0.3) is 0 Å². The van der Waals surface area contributed by atoms with Gasteiger partial charge in [-0.1, -0.05) is 0 Å². The van der Waals surface area contributed by atoms with Gasteiger partial charge >= 0.3 is 0 Å². The fourth-order valence-corrected chi connectivity index (χ4v) is 1.68. The van der Waals surface area contributed by atoms with Gasteiger partial charge in [0.05, 0.1) is 18.7 Å². The Morgan fingerprint density at radius 2 is 2.08 bits per heavy atom. The molecule has 66 valence electrons. The molecule has 0 aliphatic carbocycles.